The summed E-state index contributed by atoms with van der Waals surface area (Å²) in [5, 5.41) is 0.700. The lowest BCUT2D eigenvalue weighted by Gasteiger charge is -2.33. The fourth-order valence-electron chi connectivity index (χ4n) is 2.67. The third kappa shape index (κ3) is 2.86. The molecule has 21 heavy (non-hydrogen) atoms. The Bertz CT molecular complexity index is 693. The van der Waals surface area contributed by atoms with Crippen molar-refractivity contribution in [1.29, 1.82) is 0 Å². The Morgan fingerprint density at radius 2 is 1.86 bits per heavy atom. The fraction of sp³-hybridized carbons (Fsp3) is 0.400. The maximum absolute atomic E-state index is 13.4. The van der Waals surface area contributed by atoms with E-state index in [0.29, 0.717) is 21.2 Å². The van der Waals surface area contributed by atoms with E-state index in [0.717, 1.165) is 5.56 Å². The number of pyridine rings is 1. The van der Waals surface area contributed by atoms with Gasteiger partial charge in [0.2, 0.25) is 0 Å². The minimum absolute atomic E-state index is 0.156. The van der Waals surface area contributed by atoms with Crippen molar-refractivity contribution < 1.29 is 13.2 Å². The second-order valence-corrected chi connectivity index (χ2v) is 6.29. The van der Waals surface area contributed by atoms with Crippen LogP contribution in [0.15, 0.2) is 22.7 Å². The van der Waals surface area contributed by atoms with Gasteiger partial charge < -0.3 is 4.90 Å². The van der Waals surface area contributed by atoms with Crippen LogP contribution >= 0.6 is 15.9 Å². The highest BCUT2D eigenvalue weighted by atomic mass is 79.9. The van der Waals surface area contributed by atoms with E-state index in [2.05, 4.69) is 20.9 Å². The van der Waals surface area contributed by atoms with Gasteiger partial charge in [-0.1, -0.05) is 0 Å². The van der Waals surface area contributed by atoms with Crippen LogP contribution < -0.4 is 4.90 Å². The second-order valence-electron chi connectivity index (χ2n) is 5.43. The van der Waals surface area contributed by atoms with Crippen LogP contribution in [-0.4, -0.2) is 24.0 Å². The Labute approximate surface area is 129 Å². The highest BCUT2D eigenvalue weighted by molar-refractivity contribution is 9.10. The summed E-state index contributed by atoms with van der Waals surface area (Å²) in [7, 11) is 0. The number of hydrogen-bond acceptors (Lipinski definition) is 2. The summed E-state index contributed by atoms with van der Waals surface area (Å²) in [5.41, 5.74) is 1.51. The van der Waals surface area contributed by atoms with E-state index in [1.807, 2.05) is 17.9 Å². The summed E-state index contributed by atoms with van der Waals surface area (Å²) in [6.45, 7) is 2.43. The molecule has 0 saturated carbocycles. The summed E-state index contributed by atoms with van der Waals surface area (Å²) in [4.78, 5) is 6.43. The van der Waals surface area contributed by atoms with Crippen LogP contribution in [-0.2, 0) is 0 Å². The Kier molecular flexibility index (Phi) is 3.59. The molecule has 0 aliphatic carbocycles. The number of halogens is 4. The molecule has 2 heterocycles. The highest BCUT2D eigenvalue weighted by Gasteiger charge is 2.34. The quantitative estimate of drug-likeness (QED) is 0.735. The summed E-state index contributed by atoms with van der Waals surface area (Å²) in [5.74, 6) is -2.21. The van der Waals surface area contributed by atoms with Gasteiger partial charge >= 0.3 is 0 Å². The summed E-state index contributed by atoms with van der Waals surface area (Å²) in [6.07, 6.45) is -0.312. The van der Waals surface area contributed by atoms with Crippen molar-refractivity contribution in [2.45, 2.75) is 25.7 Å². The van der Waals surface area contributed by atoms with Crippen LogP contribution in [0.1, 0.15) is 18.4 Å². The maximum Gasteiger partial charge on any atom is 0.251 e. The van der Waals surface area contributed by atoms with Gasteiger partial charge in [0, 0.05) is 35.8 Å². The molecule has 0 N–H and O–H groups in total. The van der Waals surface area contributed by atoms with E-state index in [9.17, 15) is 13.2 Å². The van der Waals surface area contributed by atoms with Crippen LogP contribution in [0.25, 0.3) is 10.9 Å². The average Bonchev–Trinajstić information content (AvgIpc) is 2.38. The molecule has 1 aromatic carbocycles. The van der Waals surface area contributed by atoms with Crippen molar-refractivity contribution in [2.75, 3.05) is 18.0 Å². The lowest BCUT2D eigenvalue weighted by atomic mass is 10.1. The molecule has 1 aliphatic rings. The SMILES string of the molecule is Cc1cc2cc(F)cc(Br)c2nc1N1CCC(F)(F)CC1. The molecular weight excluding hydrogens is 345 g/mol. The molecule has 3 rings (SSSR count). The zero-order valence-electron chi connectivity index (χ0n) is 11.5. The van der Waals surface area contributed by atoms with Crippen molar-refractivity contribution in [1.82, 2.24) is 4.98 Å². The monoisotopic (exact) mass is 358 g/mol. The highest BCUT2D eigenvalue weighted by Crippen LogP contribution is 2.33. The first-order valence-corrected chi connectivity index (χ1v) is 7.54. The van der Waals surface area contributed by atoms with Crippen molar-refractivity contribution in [3.05, 3.63) is 34.1 Å². The molecule has 112 valence electrons. The van der Waals surface area contributed by atoms with Gasteiger partial charge in [0.25, 0.3) is 5.92 Å². The van der Waals surface area contributed by atoms with Crippen molar-refractivity contribution in [2.24, 2.45) is 0 Å². The van der Waals surface area contributed by atoms with Gasteiger partial charge in [0.05, 0.1) is 5.52 Å². The van der Waals surface area contributed by atoms with Crippen LogP contribution in [0.3, 0.4) is 0 Å². The first-order valence-electron chi connectivity index (χ1n) is 6.75. The molecule has 0 spiro atoms. The minimum atomic E-state index is -2.58. The zero-order valence-corrected chi connectivity index (χ0v) is 13.1. The number of alkyl halides is 2. The van der Waals surface area contributed by atoms with Gasteiger partial charge in [0.15, 0.2) is 0 Å². The van der Waals surface area contributed by atoms with E-state index < -0.39 is 5.92 Å². The van der Waals surface area contributed by atoms with E-state index in [-0.39, 0.29) is 31.7 Å². The van der Waals surface area contributed by atoms with E-state index in [1.54, 1.807) is 0 Å². The number of hydrogen-bond donors (Lipinski definition) is 0. The van der Waals surface area contributed by atoms with E-state index in [4.69, 9.17) is 0 Å². The van der Waals surface area contributed by atoms with Crippen LogP contribution in [0.4, 0.5) is 19.0 Å². The molecule has 2 nitrogen and oxygen atoms in total. The molecule has 6 heteroatoms. The molecule has 0 unspecified atom stereocenters. The second kappa shape index (κ2) is 5.16. The predicted octanol–water partition coefficient (Wildman–Crippen LogP) is 4.68. The molecule has 1 fully saturated rings. The minimum Gasteiger partial charge on any atom is -0.356 e. The molecule has 1 aromatic heterocycles. The van der Waals surface area contributed by atoms with Gasteiger partial charge in [-0.05, 0) is 46.6 Å². The number of nitrogens with zero attached hydrogens (tertiary/aromatic N) is 2. The summed E-state index contributed by atoms with van der Waals surface area (Å²) < 4.78 is 40.5. The largest absolute Gasteiger partial charge is 0.356 e. The van der Waals surface area contributed by atoms with E-state index >= 15 is 0 Å². The van der Waals surface area contributed by atoms with E-state index in [1.165, 1.54) is 12.1 Å². The number of anilines is 1. The molecule has 2 aromatic rings. The molecular formula is C15H14BrF3N2. The number of aromatic nitrogens is 1. The zero-order chi connectivity index (χ0) is 15.2. The smallest absolute Gasteiger partial charge is 0.251 e. The normalized spacial score (nSPS) is 18.2. The van der Waals surface area contributed by atoms with Crippen LogP contribution in [0, 0.1) is 12.7 Å². The van der Waals surface area contributed by atoms with Gasteiger partial charge in [0.1, 0.15) is 11.6 Å². The van der Waals surface area contributed by atoms with Crippen molar-refractivity contribution in [3.8, 4) is 0 Å². The van der Waals surface area contributed by atoms with Gasteiger partial charge in [-0.25, -0.2) is 18.2 Å². The number of aryl methyl sites for hydroxylation is 1. The topological polar surface area (TPSA) is 16.1 Å². The molecule has 0 radical (unpaired) electrons. The number of benzene rings is 1. The molecule has 0 amide bonds. The fourth-order valence-corrected chi connectivity index (χ4v) is 3.21. The Morgan fingerprint density at radius 3 is 2.52 bits per heavy atom. The predicted molar refractivity (Wildman–Crippen MR) is 80.5 cm³/mol. The third-order valence-electron chi connectivity index (χ3n) is 3.79. The third-order valence-corrected chi connectivity index (χ3v) is 4.40. The van der Waals surface area contributed by atoms with Gasteiger partial charge in [-0.2, -0.15) is 0 Å². The Balaban J connectivity index is 2.02. The summed E-state index contributed by atoms with van der Waals surface area (Å²) in [6, 6.07) is 4.63. The number of piperidine rings is 1. The van der Waals surface area contributed by atoms with Crippen molar-refractivity contribution in [3.63, 3.8) is 0 Å². The van der Waals surface area contributed by atoms with Gasteiger partial charge in [-0.3, -0.25) is 0 Å². The van der Waals surface area contributed by atoms with Crippen LogP contribution in [0.2, 0.25) is 0 Å². The lowest BCUT2D eigenvalue weighted by Crippen LogP contribution is -2.40. The van der Waals surface area contributed by atoms with Gasteiger partial charge in [-0.15, -0.1) is 0 Å². The standard InChI is InChI=1S/C15H14BrF3N2/c1-9-6-10-7-11(17)8-12(16)13(10)20-14(9)21-4-2-15(18,19)3-5-21/h6-8H,2-5H2,1H3. The molecule has 1 aliphatic heterocycles. The Hall–Kier alpha value is -1.30. The van der Waals surface area contributed by atoms with Crippen LogP contribution in [0.5, 0.6) is 0 Å². The van der Waals surface area contributed by atoms with Crippen molar-refractivity contribution >= 4 is 32.7 Å². The maximum atomic E-state index is 13.4. The number of rotatable bonds is 1. The first-order chi connectivity index (χ1) is 9.85. The number of fused-ring (bicyclic) bond motifs is 1. The lowest BCUT2D eigenvalue weighted by molar-refractivity contribution is -0.0221. The molecule has 0 bridgehead atoms. The molecule has 0 atom stereocenters. The molecule has 1 saturated heterocycles. The first kappa shape index (κ1) is 14.6. The summed E-state index contributed by atoms with van der Waals surface area (Å²) >= 11 is 3.31. The average molecular weight is 359 g/mol. The Morgan fingerprint density at radius 1 is 1.19 bits per heavy atom.